The zero-order valence-corrected chi connectivity index (χ0v) is 15.8. The van der Waals surface area contributed by atoms with E-state index < -0.39 is 27.8 Å². The predicted molar refractivity (Wildman–Crippen MR) is 89.7 cm³/mol. The zero-order valence-electron chi connectivity index (χ0n) is 15.0. The van der Waals surface area contributed by atoms with E-state index in [1.165, 1.54) is 0 Å². The largest absolute Gasteiger partial charge is 0.465 e. The van der Waals surface area contributed by atoms with Gasteiger partial charge in [0.15, 0.2) is 0 Å². The Bertz CT molecular complexity index is 765. The minimum absolute atomic E-state index is 0.0135. The molecular formula is C17H22F2O8S. The molecule has 1 aliphatic heterocycles. The summed E-state index contributed by atoms with van der Waals surface area (Å²) in [6.07, 6.45) is -0.312. The Kier molecular flexibility index (Phi) is 5.79. The first kappa shape index (κ1) is 21.1. The van der Waals surface area contributed by atoms with Crippen LogP contribution in [0.5, 0.6) is 0 Å². The van der Waals surface area contributed by atoms with Crippen molar-refractivity contribution in [3.63, 3.8) is 0 Å². The van der Waals surface area contributed by atoms with Gasteiger partial charge in [-0.3, -0.25) is 9.35 Å². The second-order valence-corrected chi connectivity index (χ2v) is 9.08. The van der Waals surface area contributed by atoms with E-state index >= 15 is 0 Å². The van der Waals surface area contributed by atoms with Crippen LogP contribution in [0, 0.1) is 23.7 Å². The van der Waals surface area contributed by atoms with Gasteiger partial charge >= 0.3 is 27.3 Å². The first-order valence-corrected chi connectivity index (χ1v) is 10.4. The first-order chi connectivity index (χ1) is 13.0. The average molecular weight is 424 g/mol. The number of carbonyl (C=O) groups excluding carboxylic acids is 2. The fourth-order valence-electron chi connectivity index (χ4n) is 4.42. The van der Waals surface area contributed by atoms with Gasteiger partial charge in [-0.15, -0.1) is 0 Å². The molecule has 0 aromatic heterocycles. The fraction of sp³-hybridized carbons (Fsp3) is 0.765. The number of ether oxygens (including phenoxy) is 3. The second-order valence-electron chi connectivity index (χ2n) is 7.53. The summed E-state index contributed by atoms with van der Waals surface area (Å²) in [7, 11) is -5.46. The summed E-state index contributed by atoms with van der Waals surface area (Å²) in [5.41, 5.74) is 0.0135. The Morgan fingerprint density at radius 1 is 1.32 bits per heavy atom. The highest BCUT2D eigenvalue weighted by molar-refractivity contribution is 7.86. The van der Waals surface area contributed by atoms with Crippen molar-refractivity contribution in [2.75, 3.05) is 19.8 Å². The maximum absolute atomic E-state index is 13.0. The molecule has 5 unspecified atom stereocenters. The molecule has 0 amide bonds. The predicted octanol–water partition coefficient (Wildman–Crippen LogP) is 1.56. The fourth-order valence-corrected chi connectivity index (χ4v) is 4.82. The van der Waals surface area contributed by atoms with Crippen LogP contribution in [0.1, 0.15) is 25.7 Å². The molecule has 2 saturated carbocycles. The molecule has 0 aromatic rings. The van der Waals surface area contributed by atoms with Crippen molar-refractivity contribution < 1.29 is 45.6 Å². The van der Waals surface area contributed by atoms with E-state index in [1.54, 1.807) is 0 Å². The summed E-state index contributed by atoms with van der Waals surface area (Å²) >= 11 is 0. The van der Waals surface area contributed by atoms with Crippen LogP contribution in [0.3, 0.4) is 0 Å². The Morgan fingerprint density at radius 2 is 2.04 bits per heavy atom. The Morgan fingerprint density at radius 3 is 2.71 bits per heavy atom. The molecule has 3 fully saturated rings. The molecule has 2 aliphatic carbocycles. The Labute approximate surface area is 160 Å². The van der Waals surface area contributed by atoms with Crippen LogP contribution < -0.4 is 0 Å². The monoisotopic (exact) mass is 424 g/mol. The van der Waals surface area contributed by atoms with Crippen molar-refractivity contribution in [1.82, 2.24) is 0 Å². The van der Waals surface area contributed by atoms with Crippen LogP contribution in [-0.2, 0) is 33.9 Å². The molecule has 2 bridgehead atoms. The lowest BCUT2D eigenvalue weighted by atomic mass is 9.80. The average Bonchev–Trinajstić information content (AvgIpc) is 3.26. The van der Waals surface area contributed by atoms with Crippen LogP contribution in [0.2, 0.25) is 0 Å². The second kappa shape index (κ2) is 7.68. The van der Waals surface area contributed by atoms with Crippen LogP contribution >= 0.6 is 0 Å². The molecule has 3 aliphatic rings. The zero-order chi connectivity index (χ0) is 20.7. The Hall–Kier alpha value is -1.59. The Balaban J connectivity index is 1.37. The minimum Gasteiger partial charge on any atom is -0.465 e. The maximum atomic E-state index is 13.0. The molecule has 158 valence electrons. The molecule has 1 N–H and O–H groups in total. The summed E-state index contributed by atoms with van der Waals surface area (Å²) in [6, 6.07) is 0. The lowest BCUT2D eigenvalue weighted by Gasteiger charge is -2.28. The summed E-state index contributed by atoms with van der Waals surface area (Å²) in [5, 5.41) is -4.24. The highest BCUT2D eigenvalue weighted by atomic mass is 32.2. The van der Waals surface area contributed by atoms with Gasteiger partial charge in [0.05, 0.1) is 24.7 Å². The van der Waals surface area contributed by atoms with Crippen LogP contribution in [0.15, 0.2) is 12.2 Å². The van der Waals surface area contributed by atoms with Crippen molar-refractivity contribution in [2.45, 2.75) is 37.0 Å². The summed E-state index contributed by atoms with van der Waals surface area (Å²) < 4.78 is 71.1. The van der Waals surface area contributed by atoms with Gasteiger partial charge in [-0.25, -0.2) is 4.79 Å². The smallest absolute Gasteiger partial charge is 0.370 e. The molecule has 5 atom stereocenters. The van der Waals surface area contributed by atoms with E-state index in [1.807, 2.05) is 0 Å². The molecule has 28 heavy (non-hydrogen) atoms. The number of carbonyl (C=O) groups is 2. The van der Waals surface area contributed by atoms with E-state index in [2.05, 4.69) is 6.58 Å². The number of fused-ring (bicyclic) bond motifs is 5. The van der Waals surface area contributed by atoms with Crippen LogP contribution in [-0.4, -0.2) is 56.1 Å². The van der Waals surface area contributed by atoms with E-state index in [9.17, 15) is 26.8 Å². The van der Waals surface area contributed by atoms with Gasteiger partial charge < -0.3 is 14.2 Å². The molecule has 1 saturated heterocycles. The molecule has 1 heterocycles. The molecule has 3 rings (SSSR count). The van der Waals surface area contributed by atoms with E-state index in [0.29, 0.717) is 13.0 Å². The lowest BCUT2D eigenvalue weighted by molar-refractivity contribution is -0.149. The molecule has 0 aromatic carbocycles. The third-order valence-electron chi connectivity index (χ3n) is 5.75. The molecule has 0 spiro atoms. The van der Waals surface area contributed by atoms with Gasteiger partial charge in [0.2, 0.25) is 0 Å². The number of hydrogen-bond acceptors (Lipinski definition) is 7. The highest BCUT2D eigenvalue weighted by Crippen LogP contribution is 2.56. The topological polar surface area (TPSA) is 116 Å². The van der Waals surface area contributed by atoms with Gasteiger partial charge in [-0.2, -0.15) is 17.2 Å². The summed E-state index contributed by atoms with van der Waals surface area (Å²) in [6.45, 7) is 3.43. The number of alkyl halides is 2. The maximum Gasteiger partial charge on any atom is 0.370 e. The van der Waals surface area contributed by atoms with E-state index in [4.69, 9.17) is 18.8 Å². The summed E-state index contributed by atoms with van der Waals surface area (Å²) in [5.74, 6) is -0.578. The SMILES string of the molecule is C=C(COCCCC(F)(F)S(=O)(=O)O)C(=O)OC1CC2CC1C1COC(=O)C21. The molecule has 11 heteroatoms. The van der Waals surface area contributed by atoms with Gasteiger partial charge in [-0.1, -0.05) is 6.58 Å². The van der Waals surface area contributed by atoms with Crippen LogP contribution in [0.4, 0.5) is 8.78 Å². The number of halogens is 2. The molecule has 0 radical (unpaired) electrons. The summed E-state index contributed by atoms with van der Waals surface area (Å²) in [4.78, 5) is 23.9. The van der Waals surface area contributed by atoms with Gasteiger partial charge in [0.1, 0.15) is 6.10 Å². The number of esters is 2. The van der Waals surface area contributed by atoms with Gasteiger partial charge in [-0.05, 0) is 25.2 Å². The van der Waals surface area contributed by atoms with E-state index in [0.717, 1.165) is 6.42 Å². The number of hydrogen-bond donors (Lipinski definition) is 1. The van der Waals surface area contributed by atoms with Crippen molar-refractivity contribution in [1.29, 1.82) is 0 Å². The highest BCUT2D eigenvalue weighted by Gasteiger charge is 2.60. The van der Waals surface area contributed by atoms with Gasteiger partial charge in [0.25, 0.3) is 0 Å². The van der Waals surface area contributed by atoms with Crippen molar-refractivity contribution in [3.8, 4) is 0 Å². The number of cyclic esters (lactones) is 1. The van der Waals surface area contributed by atoms with Crippen molar-refractivity contribution >= 4 is 22.1 Å². The minimum atomic E-state index is -5.46. The molecular weight excluding hydrogens is 402 g/mol. The quantitative estimate of drug-likeness (QED) is 0.257. The lowest BCUT2D eigenvalue weighted by Crippen LogP contribution is -2.35. The third-order valence-corrected chi connectivity index (χ3v) is 6.71. The standard InChI is InChI=1S/C17H22F2O8S/c1-9(7-25-4-2-3-17(18,19)28(22,23)24)15(20)27-13-6-10-5-11(13)12-8-26-16(21)14(10)12/h10-14H,1-8H2,(H,22,23,24). The normalized spacial score (nSPS) is 31.5. The van der Waals surface area contributed by atoms with E-state index in [-0.39, 0.29) is 61.0 Å². The van der Waals surface area contributed by atoms with Crippen molar-refractivity contribution in [3.05, 3.63) is 12.2 Å². The van der Waals surface area contributed by atoms with Crippen molar-refractivity contribution in [2.24, 2.45) is 23.7 Å². The molecule has 8 nitrogen and oxygen atoms in total. The van der Waals surface area contributed by atoms with Crippen LogP contribution in [0.25, 0.3) is 0 Å². The first-order valence-electron chi connectivity index (χ1n) is 8.99. The third kappa shape index (κ3) is 4.06. The van der Waals surface area contributed by atoms with Gasteiger partial charge in [0, 0.05) is 24.9 Å². The number of rotatable bonds is 9.